The molecule has 100 valence electrons. The van der Waals surface area contributed by atoms with Crippen molar-refractivity contribution in [3.05, 3.63) is 18.2 Å². The molecule has 0 saturated heterocycles. The van der Waals surface area contributed by atoms with Gasteiger partial charge in [-0.05, 0) is 0 Å². The summed E-state index contributed by atoms with van der Waals surface area (Å²) < 4.78 is 1.98. The van der Waals surface area contributed by atoms with Crippen LogP contribution in [0.2, 0.25) is 0 Å². The number of hydrogen-bond acceptors (Lipinski definition) is 5. The van der Waals surface area contributed by atoms with Gasteiger partial charge in [-0.2, -0.15) is 0 Å². The Morgan fingerprint density at radius 3 is 3.00 bits per heavy atom. The van der Waals surface area contributed by atoms with Gasteiger partial charge in [0.05, 0.1) is 6.54 Å². The molecule has 1 N–H and O–H groups in total. The van der Waals surface area contributed by atoms with Gasteiger partial charge in [0.25, 0.3) is 5.91 Å². The van der Waals surface area contributed by atoms with Crippen LogP contribution in [0.25, 0.3) is 0 Å². The minimum absolute atomic E-state index is 0.0130. The predicted molar refractivity (Wildman–Crippen MR) is 62.2 cm³/mol. The fraction of sp³-hybridized carbons (Fsp3) is 0.455. The van der Waals surface area contributed by atoms with Gasteiger partial charge in [-0.1, -0.05) is 5.16 Å². The van der Waals surface area contributed by atoms with Crippen LogP contribution in [0.1, 0.15) is 12.2 Å². The highest BCUT2D eigenvalue weighted by Gasteiger charge is 2.35. The van der Waals surface area contributed by atoms with Gasteiger partial charge in [0.15, 0.2) is 5.71 Å². The van der Waals surface area contributed by atoms with Crippen LogP contribution >= 0.6 is 0 Å². The minimum Gasteiger partial charge on any atom is -0.477 e. The Labute approximate surface area is 108 Å². The van der Waals surface area contributed by atoms with E-state index in [1.54, 1.807) is 11.1 Å². The molecule has 0 spiro atoms. The monoisotopic (exact) mass is 264 g/mol. The van der Waals surface area contributed by atoms with Crippen LogP contribution in [0.3, 0.4) is 0 Å². The number of hydrogen-bond donors (Lipinski definition) is 1. The molecule has 1 unspecified atom stereocenters. The molecule has 8 nitrogen and oxygen atoms in total. The lowest BCUT2D eigenvalue weighted by atomic mass is 10.1. The normalized spacial score (nSPS) is 21.6. The summed E-state index contributed by atoms with van der Waals surface area (Å²) >= 11 is 0. The minimum atomic E-state index is -1.15. The van der Waals surface area contributed by atoms with Crippen molar-refractivity contribution >= 4 is 17.6 Å². The molecule has 19 heavy (non-hydrogen) atoms. The molecule has 1 aromatic heterocycles. The van der Waals surface area contributed by atoms with E-state index in [2.05, 4.69) is 10.1 Å². The highest BCUT2D eigenvalue weighted by atomic mass is 16.6. The van der Waals surface area contributed by atoms with Crippen LogP contribution in [-0.4, -0.2) is 49.8 Å². The Kier molecular flexibility index (Phi) is 2.69. The largest absolute Gasteiger partial charge is 0.477 e. The first-order valence-corrected chi connectivity index (χ1v) is 5.90. The van der Waals surface area contributed by atoms with E-state index in [1.165, 1.54) is 0 Å². The van der Waals surface area contributed by atoms with Crippen LogP contribution in [0.5, 0.6) is 0 Å². The van der Waals surface area contributed by atoms with Crippen LogP contribution in [0, 0.1) is 0 Å². The lowest BCUT2D eigenvalue weighted by molar-refractivity contribution is -0.143. The van der Waals surface area contributed by atoms with E-state index < -0.39 is 12.1 Å². The summed E-state index contributed by atoms with van der Waals surface area (Å²) in [5, 5.41) is 12.2. The molecule has 1 aromatic rings. The van der Waals surface area contributed by atoms with E-state index in [0.29, 0.717) is 19.6 Å². The second-order valence-corrected chi connectivity index (χ2v) is 4.44. The molecule has 1 amide bonds. The second kappa shape index (κ2) is 4.38. The fourth-order valence-electron chi connectivity index (χ4n) is 2.20. The lowest BCUT2D eigenvalue weighted by Crippen LogP contribution is -2.43. The number of carboxylic acids is 1. The zero-order chi connectivity index (χ0) is 13.4. The maximum atomic E-state index is 12.2. The molecular weight excluding hydrogens is 252 g/mol. The van der Waals surface area contributed by atoms with Gasteiger partial charge in [0.2, 0.25) is 6.10 Å². The van der Waals surface area contributed by atoms with Crippen LogP contribution in [-0.2, 0) is 27.5 Å². The van der Waals surface area contributed by atoms with Crippen molar-refractivity contribution in [2.24, 2.45) is 5.16 Å². The number of carboxylic acid groups (broad SMARTS) is 1. The summed E-state index contributed by atoms with van der Waals surface area (Å²) in [4.78, 5) is 33.6. The van der Waals surface area contributed by atoms with Gasteiger partial charge in [0, 0.05) is 31.9 Å². The van der Waals surface area contributed by atoms with Crippen LogP contribution in [0.15, 0.2) is 17.5 Å². The Morgan fingerprint density at radius 1 is 1.42 bits per heavy atom. The Hall–Kier alpha value is -2.38. The predicted octanol–water partition coefficient (Wildman–Crippen LogP) is -0.545. The number of aliphatic carboxylic acids is 1. The van der Waals surface area contributed by atoms with Crippen molar-refractivity contribution in [3.63, 3.8) is 0 Å². The first-order valence-electron chi connectivity index (χ1n) is 5.90. The number of nitrogens with zero attached hydrogens (tertiary/aromatic N) is 4. The SMILES string of the molecule is O=C(O)C1=NOC(C(=O)N2CCn3ccnc3C2)C1. The third-order valence-corrected chi connectivity index (χ3v) is 3.25. The number of carbonyl (C=O) groups excluding carboxylic acids is 1. The van der Waals surface area contributed by atoms with Gasteiger partial charge in [-0.3, -0.25) is 4.79 Å². The number of rotatable bonds is 2. The van der Waals surface area contributed by atoms with Gasteiger partial charge in [0.1, 0.15) is 5.82 Å². The molecule has 0 bridgehead atoms. The van der Waals surface area contributed by atoms with E-state index in [0.717, 1.165) is 5.82 Å². The third kappa shape index (κ3) is 2.05. The number of carbonyl (C=O) groups is 2. The summed E-state index contributed by atoms with van der Waals surface area (Å²) in [5.41, 5.74) is -0.114. The maximum absolute atomic E-state index is 12.2. The van der Waals surface area contributed by atoms with Crippen molar-refractivity contribution in [3.8, 4) is 0 Å². The maximum Gasteiger partial charge on any atom is 0.353 e. The van der Waals surface area contributed by atoms with E-state index in [-0.39, 0.29) is 18.0 Å². The number of aromatic nitrogens is 2. The number of oxime groups is 1. The second-order valence-electron chi connectivity index (χ2n) is 4.44. The molecule has 0 radical (unpaired) electrons. The van der Waals surface area contributed by atoms with Gasteiger partial charge in [-0.25, -0.2) is 9.78 Å². The molecule has 3 rings (SSSR count). The average Bonchev–Trinajstić information content (AvgIpc) is 3.06. The third-order valence-electron chi connectivity index (χ3n) is 3.25. The molecular formula is C11H12N4O4. The van der Waals surface area contributed by atoms with Crippen LogP contribution in [0.4, 0.5) is 0 Å². The molecule has 8 heteroatoms. The standard InChI is InChI=1S/C11H12N4O4/c16-10(8-5-7(11(17)18)13-19-8)15-4-3-14-2-1-12-9(14)6-15/h1-2,8H,3-6H2,(H,17,18). The van der Waals surface area contributed by atoms with Gasteiger partial charge < -0.3 is 19.4 Å². The lowest BCUT2D eigenvalue weighted by Gasteiger charge is -2.28. The van der Waals surface area contributed by atoms with Crippen molar-refractivity contribution in [1.82, 2.24) is 14.5 Å². The van der Waals surface area contributed by atoms with Gasteiger partial charge in [-0.15, -0.1) is 0 Å². The molecule has 2 aliphatic heterocycles. The van der Waals surface area contributed by atoms with Crippen molar-refractivity contribution in [2.45, 2.75) is 25.6 Å². The van der Waals surface area contributed by atoms with Crippen molar-refractivity contribution in [1.29, 1.82) is 0 Å². The highest BCUT2D eigenvalue weighted by Crippen LogP contribution is 2.17. The highest BCUT2D eigenvalue weighted by molar-refractivity contribution is 6.36. The molecule has 0 aromatic carbocycles. The quantitative estimate of drug-likeness (QED) is 0.773. The molecule has 0 aliphatic carbocycles. The van der Waals surface area contributed by atoms with Crippen LogP contribution < -0.4 is 0 Å². The van der Waals surface area contributed by atoms with E-state index in [9.17, 15) is 9.59 Å². The molecule has 1 atom stereocenters. The topological polar surface area (TPSA) is 97.0 Å². The summed E-state index contributed by atoms with van der Waals surface area (Å²) in [7, 11) is 0. The Bertz CT molecular complexity index is 565. The molecule has 2 aliphatic rings. The Balaban J connectivity index is 1.65. The summed E-state index contributed by atoms with van der Waals surface area (Å²) in [6.07, 6.45) is 2.75. The summed E-state index contributed by atoms with van der Waals surface area (Å²) in [6.45, 7) is 1.65. The van der Waals surface area contributed by atoms with E-state index in [4.69, 9.17) is 9.94 Å². The number of amides is 1. The zero-order valence-corrected chi connectivity index (χ0v) is 10.0. The van der Waals surface area contributed by atoms with Crippen molar-refractivity contribution in [2.75, 3.05) is 6.54 Å². The number of fused-ring (bicyclic) bond motifs is 1. The van der Waals surface area contributed by atoms with E-state index >= 15 is 0 Å². The first-order chi connectivity index (χ1) is 9.15. The first kappa shape index (κ1) is 11.7. The summed E-state index contributed by atoms with van der Waals surface area (Å²) in [6, 6.07) is 0. The van der Waals surface area contributed by atoms with Gasteiger partial charge >= 0.3 is 5.97 Å². The molecule has 0 saturated carbocycles. The fourth-order valence-corrected chi connectivity index (χ4v) is 2.20. The zero-order valence-electron chi connectivity index (χ0n) is 10.0. The number of imidazole rings is 1. The van der Waals surface area contributed by atoms with Crippen molar-refractivity contribution < 1.29 is 19.5 Å². The average molecular weight is 264 g/mol. The molecule has 3 heterocycles. The summed E-state index contributed by atoms with van der Waals surface area (Å²) in [5.74, 6) is -0.573. The smallest absolute Gasteiger partial charge is 0.353 e. The van der Waals surface area contributed by atoms with E-state index in [1.807, 2.05) is 10.8 Å². The molecule has 0 fully saturated rings. The Morgan fingerprint density at radius 2 is 2.26 bits per heavy atom.